The van der Waals surface area contributed by atoms with Crippen LogP contribution in [0, 0.1) is 5.92 Å². The summed E-state index contributed by atoms with van der Waals surface area (Å²) >= 11 is 0. The van der Waals surface area contributed by atoms with Gasteiger partial charge in [-0.1, -0.05) is 43.7 Å². The molecule has 0 bridgehead atoms. The number of allylic oxidation sites excluding steroid dienone is 4. The highest BCUT2D eigenvalue weighted by Gasteiger charge is 2.40. The van der Waals surface area contributed by atoms with Crippen LogP contribution in [0.3, 0.4) is 0 Å². The fraction of sp³-hybridized carbons (Fsp3) is 0.485. The molecule has 1 aromatic rings. The summed E-state index contributed by atoms with van der Waals surface area (Å²) in [5, 5.41) is 0. The van der Waals surface area contributed by atoms with Crippen LogP contribution >= 0.6 is 0 Å². The van der Waals surface area contributed by atoms with Crippen LogP contribution in [0.15, 0.2) is 64.5 Å². The Labute approximate surface area is 245 Å². The van der Waals surface area contributed by atoms with Gasteiger partial charge in [-0.05, 0) is 76.6 Å². The molecule has 41 heavy (non-hydrogen) atoms. The Balaban J connectivity index is 2.11. The third-order valence-corrected chi connectivity index (χ3v) is 7.26. The van der Waals surface area contributed by atoms with Gasteiger partial charge in [0.05, 0.1) is 18.8 Å². The predicted octanol–water partition coefficient (Wildman–Crippen LogP) is 6.24. The number of amidine groups is 1. The summed E-state index contributed by atoms with van der Waals surface area (Å²) in [5.74, 6) is 1.51. The van der Waals surface area contributed by atoms with E-state index in [1.807, 2.05) is 58.9 Å². The molecule has 0 aliphatic carbocycles. The average Bonchev–Trinajstić information content (AvgIpc) is 3.14. The van der Waals surface area contributed by atoms with E-state index < -0.39 is 12.2 Å². The Bertz CT molecular complexity index is 1280. The van der Waals surface area contributed by atoms with Crippen LogP contribution in [0.5, 0.6) is 5.75 Å². The van der Waals surface area contributed by atoms with Crippen LogP contribution in [-0.4, -0.2) is 60.0 Å². The number of benzene rings is 1. The van der Waals surface area contributed by atoms with Gasteiger partial charge < -0.3 is 20.1 Å². The summed E-state index contributed by atoms with van der Waals surface area (Å²) in [7, 11) is 1.63. The maximum atomic E-state index is 13.3. The molecule has 0 spiro atoms. The van der Waals surface area contributed by atoms with Gasteiger partial charge in [-0.15, -0.1) is 0 Å². The summed E-state index contributed by atoms with van der Waals surface area (Å²) in [6.07, 6.45) is 9.11. The van der Waals surface area contributed by atoms with Crippen molar-refractivity contribution in [3.05, 3.63) is 70.6 Å². The molecule has 2 aliphatic rings. The summed E-state index contributed by atoms with van der Waals surface area (Å²) in [5.41, 5.74) is 10.8. The molecule has 8 heteroatoms. The van der Waals surface area contributed by atoms with E-state index in [1.165, 1.54) is 0 Å². The SMILES string of the molecule is C/C=C(\C(=C\N1C(=O)OC(C(C=C(C)C)=CC(C)C)C1C)N=C(C)N1CCC1)c1cc(CCC(N)=O)ccc1OC. The molecule has 2 aliphatic heterocycles. The predicted molar refractivity (Wildman–Crippen MR) is 165 cm³/mol. The van der Waals surface area contributed by atoms with Gasteiger partial charge in [-0.25, -0.2) is 9.79 Å². The maximum Gasteiger partial charge on any atom is 0.414 e. The molecule has 0 radical (unpaired) electrons. The monoisotopic (exact) mass is 562 g/mol. The number of nitrogens with two attached hydrogens (primary N) is 1. The quantitative estimate of drug-likeness (QED) is 0.196. The van der Waals surface area contributed by atoms with E-state index in [4.69, 9.17) is 20.2 Å². The lowest BCUT2D eigenvalue weighted by molar-refractivity contribution is -0.117. The number of rotatable bonds is 11. The zero-order chi connectivity index (χ0) is 30.3. The van der Waals surface area contributed by atoms with Crippen molar-refractivity contribution in [2.75, 3.05) is 20.2 Å². The van der Waals surface area contributed by atoms with Gasteiger partial charge in [0.2, 0.25) is 5.91 Å². The van der Waals surface area contributed by atoms with E-state index in [0.717, 1.165) is 53.2 Å². The number of cyclic esters (lactones) is 1. The minimum absolute atomic E-state index is 0.250. The number of aryl methyl sites for hydroxylation is 1. The molecule has 2 unspecified atom stereocenters. The normalized spacial score (nSPS) is 20.3. The molecule has 2 atom stereocenters. The zero-order valence-corrected chi connectivity index (χ0v) is 25.9. The Kier molecular flexibility index (Phi) is 11.0. The highest BCUT2D eigenvalue weighted by Crippen LogP contribution is 2.35. The number of hydrogen-bond acceptors (Lipinski definition) is 5. The van der Waals surface area contributed by atoms with E-state index in [-0.39, 0.29) is 18.4 Å². The van der Waals surface area contributed by atoms with Crippen LogP contribution < -0.4 is 10.5 Å². The summed E-state index contributed by atoms with van der Waals surface area (Å²) in [6.45, 7) is 16.2. The van der Waals surface area contributed by atoms with Gasteiger partial charge >= 0.3 is 6.09 Å². The number of aliphatic imine (C=N–C) groups is 1. The molecule has 0 saturated carbocycles. The van der Waals surface area contributed by atoms with Crippen LogP contribution in [0.2, 0.25) is 0 Å². The van der Waals surface area contributed by atoms with Crippen molar-refractivity contribution in [2.24, 2.45) is 16.6 Å². The molecule has 0 aromatic heterocycles. The minimum Gasteiger partial charge on any atom is -0.496 e. The first-order valence-corrected chi connectivity index (χ1v) is 14.4. The molecule has 2 saturated heterocycles. The molecule has 2 amide bonds. The van der Waals surface area contributed by atoms with Crippen molar-refractivity contribution in [1.82, 2.24) is 9.80 Å². The summed E-state index contributed by atoms with van der Waals surface area (Å²) in [6, 6.07) is 5.59. The molecule has 3 rings (SSSR count). The molecule has 1 aromatic carbocycles. The first-order chi connectivity index (χ1) is 19.4. The second-order valence-corrected chi connectivity index (χ2v) is 11.3. The molecule has 222 valence electrons. The Hall–Kier alpha value is -3.81. The third kappa shape index (κ3) is 8.12. The number of ether oxygens (including phenoxy) is 2. The van der Waals surface area contributed by atoms with Gasteiger partial charge in [0.1, 0.15) is 17.7 Å². The summed E-state index contributed by atoms with van der Waals surface area (Å²) in [4.78, 5) is 33.7. The van der Waals surface area contributed by atoms with E-state index >= 15 is 0 Å². The van der Waals surface area contributed by atoms with Crippen molar-refractivity contribution >= 4 is 23.4 Å². The van der Waals surface area contributed by atoms with Gasteiger partial charge in [0.25, 0.3) is 0 Å². The third-order valence-electron chi connectivity index (χ3n) is 7.26. The average molecular weight is 563 g/mol. The molecular weight excluding hydrogens is 516 g/mol. The number of hydrogen-bond donors (Lipinski definition) is 1. The standard InChI is InChI=1S/C33H46N4O4/c1-9-27(28-19-25(12-14-31(34)38)11-13-30(28)40-8)29(35-24(7)36-15-10-16-36)20-37-23(6)32(41-33(37)39)26(17-21(2)3)18-22(4)5/h9,11,13,17-21,23,32H,10,12,14-16H2,1-8H3,(H2,34,38)/b26-17?,27-9-,29-20-,35-24?. The van der Waals surface area contributed by atoms with E-state index in [2.05, 4.69) is 30.9 Å². The number of likely N-dealkylation sites (tertiary alicyclic amines) is 1. The van der Waals surface area contributed by atoms with Gasteiger partial charge in [0, 0.05) is 36.8 Å². The highest BCUT2D eigenvalue weighted by atomic mass is 16.6. The number of carbonyl (C=O) groups excluding carboxylic acids is 2. The van der Waals surface area contributed by atoms with Crippen molar-refractivity contribution in [3.8, 4) is 5.75 Å². The number of methoxy groups -OCH3 is 1. The number of carbonyl (C=O) groups is 2. The molecule has 2 heterocycles. The van der Waals surface area contributed by atoms with Crippen molar-refractivity contribution in [1.29, 1.82) is 0 Å². The van der Waals surface area contributed by atoms with Gasteiger partial charge in [0.15, 0.2) is 0 Å². The second-order valence-electron chi connectivity index (χ2n) is 11.3. The number of nitrogens with zero attached hydrogens (tertiary/aromatic N) is 3. The fourth-order valence-corrected chi connectivity index (χ4v) is 5.05. The molecule has 2 fully saturated rings. The van der Waals surface area contributed by atoms with Crippen LogP contribution in [-0.2, 0) is 16.0 Å². The van der Waals surface area contributed by atoms with Gasteiger partial charge in [-0.3, -0.25) is 9.69 Å². The Morgan fingerprint density at radius 3 is 2.49 bits per heavy atom. The first kappa shape index (κ1) is 31.7. The smallest absolute Gasteiger partial charge is 0.414 e. The number of amides is 2. The highest BCUT2D eigenvalue weighted by molar-refractivity contribution is 5.89. The molecular formula is C33H46N4O4. The maximum absolute atomic E-state index is 13.3. The van der Waals surface area contributed by atoms with Crippen molar-refractivity contribution in [3.63, 3.8) is 0 Å². The minimum atomic E-state index is -0.411. The molecule has 8 nitrogen and oxygen atoms in total. The lowest BCUT2D eigenvalue weighted by atomic mass is 9.96. The van der Waals surface area contributed by atoms with E-state index in [1.54, 1.807) is 18.2 Å². The lowest BCUT2D eigenvalue weighted by Gasteiger charge is -2.33. The largest absolute Gasteiger partial charge is 0.496 e. The fourth-order valence-electron chi connectivity index (χ4n) is 5.05. The van der Waals surface area contributed by atoms with Crippen molar-refractivity contribution < 1.29 is 19.1 Å². The van der Waals surface area contributed by atoms with Gasteiger partial charge in [-0.2, -0.15) is 0 Å². The summed E-state index contributed by atoms with van der Waals surface area (Å²) < 4.78 is 11.7. The Morgan fingerprint density at radius 1 is 1.24 bits per heavy atom. The topological polar surface area (TPSA) is 97.5 Å². The van der Waals surface area contributed by atoms with Crippen LogP contribution in [0.4, 0.5) is 4.79 Å². The Morgan fingerprint density at radius 2 is 1.95 bits per heavy atom. The zero-order valence-electron chi connectivity index (χ0n) is 25.9. The number of primary amides is 1. The second kappa shape index (κ2) is 14.2. The van der Waals surface area contributed by atoms with E-state index in [0.29, 0.717) is 23.8 Å². The first-order valence-electron chi connectivity index (χ1n) is 14.4. The van der Waals surface area contributed by atoms with E-state index in [9.17, 15) is 9.59 Å². The molecule has 2 N–H and O–H groups in total. The van der Waals surface area contributed by atoms with Crippen molar-refractivity contribution in [2.45, 2.75) is 79.9 Å². The van der Waals surface area contributed by atoms with Crippen LogP contribution in [0.1, 0.15) is 72.4 Å². The lowest BCUT2D eigenvalue weighted by Crippen LogP contribution is -2.40. The van der Waals surface area contributed by atoms with Crippen LogP contribution in [0.25, 0.3) is 5.57 Å².